The zero-order valence-electron chi connectivity index (χ0n) is 17.3. The fourth-order valence-corrected chi connectivity index (χ4v) is 4.02. The summed E-state index contributed by atoms with van der Waals surface area (Å²) in [5, 5.41) is 8.22. The molecule has 0 unspecified atom stereocenters. The largest absolute Gasteiger partial charge is 0.416 e. The number of piperazine rings is 1. The maximum Gasteiger partial charge on any atom is 0.416 e. The number of benzene rings is 1. The van der Waals surface area contributed by atoms with Gasteiger partial charge in [0.1, 0.15) is 0 Å². The van der Waals surface area contributed by atoms with Gasteiger partial charge in [0.25, 0.3) is 5.91 Å². The molecule has 0 radical (unpaired) electrons. The van der Waals surface area contributed by atoms with Crippen LogP contribution in [0.4, 0.5) is 13.2 Å². The van der Waals surface area contributed by atoms with E-state index in [2.05, 4.69) is 15.5 Å². The molecule has 1 N–H and O–H groups in total. The fraction of sp³-hybridized carbons (Fsp3) is 0.333. The van der Waals surface area contributed by atoms with E-state index in [-0.39, 0.29) is 35.6 Å². The van der Waals surface area contributed by atoms with Gasteiger partial charge in [0, 0.05) is 31.7 Å². The maximum atomic E-state index is 12.9. The van der Waals surface area contributed by atoms with E-state index in [0.717, 1.165) is 12.1 Å². The minimum Gasteiger partial charge on any atom is -0.342 e. The van der Waals surface area contributed by atoms with Gasteiger partial charge >= 0.3 is 6.18 Å². The second kappa shape index (κ2) is 9.71. The number of hydrogen-bond donors (Lipinski definition) is 1. The summed E-state index contributed by atoms with van der Waals surface area (Å²) in [6, 6.07) is 8.22. The monoisotopic (exact) mass is 479 g/mol. The van der Waals surface area contributed by atoms with E-state index < -0.39 is 11.7 Å². The number of halogens is 3. The van der Waals surface area contributed by atoms with Crippen molar-refractivity contribution in [3.63, 3.8) is 0 Å². The Bertz CT molecular complexity index is 1110. The Morgan fingerprint density at radius 1 is 1.12 bits per heavy atom. The third-order valence-electron chi connectivity index (χ3n) is 5.15. The number of thiophene rings is 1. The van der Waals surface area contributed by atoms with Gasteiger partial charge < -0.3 is 14.7 Å². The SMILES string of the molecule is O=C(NCC(=O)N1CCN(Cc2nc(-c3cccc(C(F)(F)F)c3)no2)CC1)c1cccs1. The first-order valence-electron chi connectivity index (χ1n) is 10.1. The Labute approximate surface area is 191 Å². The number of nitrogens with one attached hydrogen (secondary N) is 1. The van der Waals surface area contributed by atoms with Crippen LogP contribution in [0.3, 0.4) is 0 Å². The van der Waals surface area contributed by atoms with Gasteiger partial charge in [-0.1, -0.05) is 23.4 Å². The van der Waals surface area contributed by atoms with Gasteiger partial charge in [0.2, 0.25) is 17.6 Å². The van der Waals surface area contributed by atoms with Crippen molar-refractivity contribution in [3.8, 4) is 11.4 Å². The number of rotatable bonds is 6. The van der Waals surface area contributed by atoms with Crippen LogP contribution in [0.25, 0.3) is 11.4 Å². The molecule has 1 aliphatic heterocycles. The Morgan fingerprint density at radius 2 is 1.91 bits per heavy atom. The van der Waals surface area contributed by atoms with Crippen molar-refractivity contribution in [2.45, 2.75) is 12.7 Å². The topological polar surface area (TPSA) is 91.6 Å². The van der Waals surface area contributed by atoms with E-state index in [0.29, 0.717) is 37.6 Å². The summed E-state index contributed by atoms with van der Waals surface area (Å²) in [5.41, 5.74) is -0.557. The Balaban J connectivity index is 1.26. The molecule has 0 atom stereocenters. The highest BCUT2D eigenvalue weighted by Crippen LogP contribution is 2.31. The molecule has 0 saturated carbocycles. The zero-order valence-corrected chi connectivity index (χ0v) is 18.2. The normalized spacial score (nSPS) is 14.9. The molecule has 1 saturated heterocycles. The van der Waals surface area contributed by atoms with Crippen LogP contribution in [-0.2, 0) is 17.5 Å². The number of carbonyl (C=O) groups excluding carboxylic acids is 2. The molecule has 3 aromatic rings. The first-order valence-corrected chi connectivity index (χ1v) is 11.0. The third kappa shape index (κ3) is 5.76. The molecule has 1 aliphatic rings. The number of aromatic nitrogens is 2. The molecule has 12 heteroatoms. The van der Waals surface area contributed by atoms with Crippen LogP contribution < -0.4 is 5.32 Å². The van der Waals surface area contributed by atoms with Gasteiger partial charge in [-0.15, -0.1) is 11.3 Å². The molecule has 1 fully saturated rings. The Kier molecular flexibility index (Phi) is 6.75. The first-order chi connectivity index (χ1) is 15.8. The van der Waals surface area contributed by atoms with Crippen molar-refractivity contribution in [1.29, 1.82) is 0 Å². The summed E-state index contributed by atoms with van der Waals surface area (Å²) in [7, 11) is 0. The van der Waals surface area contributed by atoms with E-state index in [1.54, 1.807) is 22.4 Å². The Hall–Kier alpha value is -3.25. The molecule has 4 rings (SSSR count). The van der Waals surface area contributed by atoms with Crippen LogP contribution in [0.5, 0.6) is 0 Å². The molecule has 0 bridgehead atoms. The molecule has 174 valence electrons. The third-order valence-corrected chi connectivity index (χ3v) is 6.01. The van der Waals surface area contributed by atoms with E-state index in [1.165, 1.54) is 23.5 Å². The van der Waals surface area contributed by atoms with Crippen molar-refractivity contribution in [1.82, 2.24) is 25.3 Å². The second-order valence-electron chi connectivity index (χ2n) is 7.41. The molecule has 33 heavy (non-hydrogen) atoms. The number of carbonyl (C=O) groups is 2. The number of nitrogens with zero attached hydrogens (tertiary/aromatic N) is 4. The number of hydrogen-bond acceptors (Lipinski definition) is 7. The summed E-state index contributed by atoms with van der Waals surface area (Å²) in [6.07, 6.45) is -4.45. The molecule has 2 amide bonds. The van der Waals surface area contributed by atoms with Crippen LogP contribution in [0.1, 0.15) is 21.1 Å². The van der Waals surface area contributed by atoms with Crippen molar-refractivity contribution < 1.29 is 27.3 Å². The predicted molar refractivity (Wildman–Crippen MR) is 113 cm³/mol. The van der Waals surface area contributed by atoms with Gasteiger partial charge in [0.05, 0.1) is 23.5 Å². The van der Waals surface area contributed by atoms with Gasteiger partial charge in [0.15, 0.2) is 0 Å². The molecular formula is C21H20F3N5O3S. The number of amides is 2. The molecule has 2 aromatic heterocycles. The minimum atomic E-state index is -4.45. The lowest BCUT2D eigenvalue weighted by atomic mass is 10.1. The van der Waals surface area contributed by atoms with Crippen LogP contribution >= 0.6 is 11.3 Å². The van der Waals surface area contributed by atoms with Crippen molar-refractivity contribution >= 4 is 23.2 Å². The Morgan fingerprint density at radius 3 is 2.61 bits per heavy atom. The van der Waals surface area contributed by atoms with Crippen molar-refractivity contribution in [3.05, 3.63) is 58.1 Å². The van der Waals surface area contributed by atoms with Crippen molar-refractivity contribution in [2.75, 3.05) is 32.7 Å². The minimum absolute atomic E-state index is 0.0687. The predicted octanol–water partition coefficient (Wildman–Crippen LogP) is 2.89. The standard InChI is InChI=1S/C21H20F3N5O3S/c22-21(23,24)15-4-1-3-14(11-15)19-26-17(32-27-19)13-28-6-8-29(9-7-28)18(30)12-25-20(31)16-5-2-10-33-16/h1-5,10-11H,6-9,12-13H2,(H,25,31). The molecule has 3 heterocycles. The summed E-state index contributed by atoms with van der Waals surface area (Å²) in [6.45, 7) is 2.33. The fourth-order valence-electron chi connectivity index (χ4n) is 3.38. The van der Waals surface area contributed by atoms with Crippen LogP contribution in [0.2, 0.25) is 0 Å². The molecule has 8 nitrogen and oxygen atoms in total. The van der Waals surface area contributed by atoms with Crippen LogP contribution in [-0.4, -0.2) is 64.5 Å². The quantitative estimate of drug-likeness (QED) is 0.585. The van der Waals surface area contributed by atoms with E-state index in [1.807, 2.05) is 4.90 Å². The average molecular weight is 479 g/mol. The molecule has 1 aromatic carbocycles. The lowest BCUT2D eigenvalue weighted by molar-refractivity contribution is -0.137. The highest BCUT2D eigenvalue weighted by Gasteiger charge is 2.31. The van der Waals surface area contributed by atoms with E-state index in [4.69, 9.17) is 4.52 Å². The lowest BCUT2D eigenvalue weighted by Gasteiger charge is -2.34. The van der Waals surface area contributed by atoms with Gasteiger partial charge in [-0.2, -0.15) is 18.2 Å². The van der Waals surface area contributed by atoms with Crippen LogP contribution in [0.15, 0.2) is 46.3 Å². The lowest BCUT2D eigenvalue weighted by Crippen LogP contribution is -2.50. The summed E-state index contributed by atoms with van der Waals surface area (Å²) >= 11 is 1.31. The van der Waals surface area contributed by atoms with Gasteiger partial charge in [-0.05, 0) is 23.6 Å². The molecular weight excluding hydrogens is 459 g/mol. The summed E-state index contributed by atoms with van der Waals surface area (Å²) in [4.78, 5) is 32.8. The highest BCUT2D eigenvalue weighted by atomic mass is 32.1. The zero-order chi connectivity index (χ0) is 23.4. The first kappa shape index (κ1) is 22.9. The van der Waals surface area contributed by atoms with Gasteiger partial charge in [-0.3, -0.25) is 14.5 Å². The van der Waals surface area contributed by atoms with E-state index in [9.17, 15) is 22.8 Å². The van der Waals surface area contributed by atoms with E-state index >= 15 is 0 Å². The smallest absolute Gasteiger partial charge is 0.342 e. The summed E-state index contributed by atoms with van der Waals surface area (Å²) in [5.74, 6) is -0.0640. The van der Waals surface area contributed by atoms with Gasteiger partial charge in [-0.25, -0.2) is 0 Å². The number of alkyl halides is 3. The highest BCUT2D eigenvalue weighted by molar-refractivity contribution is 7.12. The average Bonchev–Trinajstić information content (AvgIpc) is 3.50. The molecule has 0 aliphatic carbocycles. The maximum absolute atomic E-state index is 12.9. The molecule has 0 spiro atoms. The second-order valence-corrected chi connectivity index (χ2v) is 8.35. The summed E-state index contributed by atoms with van der Waals surface area (Å²) < 4.78 is 44.0. The van der Waals surface area contributed by atoms with Crippen molar-refractivity contribution in [2.24, 2.45) is 0 Å². The van der Waals surface area contributed by atoms with Crippen LogP contribution in [0, 0.1) is 0 Å².